The molecular formula is C10H16N6O2. The Balaban J connectivity index is 1.97. The lowest BCUT2D eigenvalue weighted by Crippen LogP contribution is -2.09. The first-order chi connectivity index (χ1) is 8.71. The molecule has 0 aliphatic carbocycles. The van der Waals surface area contributed by atoms with Gasteiger partial charge in [-0.15, -0.1) is 5.10 Å². The van der Waals surface area contributed by atoms with Gasteiger partial charge < -0.3 is 15.0 Å². The van der Waals surface area contributed by atoms with Crippen LogP contribution in [0.2, 0.25) is 0 Å². The molecule has 2 N–H and O–H groups in total. The van der Waals surface area contributed by atoms with E-state index in [4.69, 9.17) is 15.0 Å². The summed E-state index contributed by atoms with van der Waals surface area (Å²) in [6.45, 7) is 2.70. The summed E-state index contributed by atoms with van der Waals surface area (Å²) >= 11 is 0. The van der Waals surface area contributed by atoms with Crippen LogP contribution in [-0.2, 0) is 24.2 Å². The third-order valence-electron chi connectivity index (χ3n) is 2.48. The molecule has 1 atom stereocenters. The predicted octanol–water partition coefficient (Wildman–Crippen LogP) is -0.254. The van der Waals surface area contributed by atoms with E-state index < -0.39 is 0 Å². The van der Waals surface area contributed by atoms with Crippen LogP contribution in [0, 0.1) is 0 Å². The number of hydrogen-bond acceptors (Lipinski definition) is 7. The molecule has 0 radical (unpaired) electrons. The fourth-order valence-electron chi connectivity index (χ4n) is 1.43. The van der Waals surface area contributed by atoms with Crippen LogP contribution in [0.1, 0.15) is 24.3 Å². The molecule has 2 aromatic rings. The molecule has 0 aromatic carbocycles. The Morgan fingerprint density at radius 1 is 1.56 bits per heavy atom. The molecule has 0 amide bonds. The highest BCUT2D eigenvalue weighted by Gasteiger charge is 2.11. The minimum atomic E-state index is 0.0608. The lowest BCUT2D eigenvalue weighted by Gasteiger charge is -2.03. The molecular weight excluding hydrogens is 236 g/mol. The zero-order valence-corrected chi connectivity index (χ0v) is 10.4. The van der Waals surface area contributed by atoms with Crippen LogP contribution in [0.3, 0.4) is 0 Å². The first-order valence-corrected chi connectivity index (χ1v) is 5.64. The van der Waals surface area contributed by atoms with Crippen molar-refractivity contribution in [1.29, 1.82) is 0 Å². The van der Waals surface area contributed by atoms with E-state index in [0.717, 1.165) is 5.69 Å². The monoisotopic (exact) mass is 252 g/mol. The van der Waals surface area contributed by atoms with Gasteiger partial charge in [-0.25, -0.2) is 4.68 Å². The first-order valence-electron chi connectivity index (χ1n) is 5.64. The van der Waals surface area contributed by atoms with Gasteiger partial charge in [0.2, 0.25) is 5.89 Å². The topological polar surface area (TPSA) is 105 Å². The number of nitrogens with zero attached hydrogens (tertiary/aromatic N) is 5. The van der Waals surface area contributed by atoms with E-state index in [1.807, 2.05) is 6.92 Å². The first kappa shape index (κ1) is 12.7. The number of aromatic nitrogens is 5. The molecule has 8 nitrogen and oxygen atoms in total. The van der Waals surface area contributed by atoms with Crippen molar-refractivity contribution in [2.75, 3.05) is 7.11 Å². The van der Waals surface area contributed by atoms with Crippen LogP contribution in [0.15, 0.2) is 10.7 Å². The van der Waals surface area contributed by atoms with E-state index in [2.05, 4.69) is 20.5 Å². The minimum Gasteiger partial charge on any atom is -0.381 e. The zero-order valence-electron chi connectivity index (χ0n) is 10.4. The summed E-state index contributed by atoms with van der Waals surface area (Å²) in [5.74, 6) is 1.11. The molecule has 0 bridgehead atoms. The van der Waals surface area contributed by atoms with Gasteiger partial charge in [-0.05, 0) is 6.92 Å². The van der Waals surface area contributed by atoms with Gasteiger partial charge in [0.1, 0.15) is 6.54 Å². The largest absolute Gasteiger partial charge is 0.381 e. The second-order valence-electron chi connectivity index (χ2n) is 3.97. The van der Waals surface area contributed by atoms with Crippen molar-refractivity contribution in [1.82, 2.24) is 25.1 Å². The van der Waals surface area contributed by atoms with Crippen LogP contribution >= 0.6 is 0 Å². The van der Waals surface area contributed by atoms with Gasteiger partial charge in [0.15, 0.2) is 5.82 Å². The van der Waals surface area contributed by atoms with Crippen LogP contribution in [0.25, 0.3) is 0 Å². The van der Waals surface area contributed by atoms with Gasteiger partial charge in [0.25, 0.3) is 0 Å². The molecule has 18 heavy (non-hydrogen) atoms. The molecule has 2 aromatic heterocycles. The smallest absolute Gasteiger partial charge is 0.248 e. The van der Waals surface area contributed by atoms with Crippen molar-refractivity contribution in [2.24, 2.45) is 5.73 Å². The maximum absolute atomic E-state index is 5.45. The Kier molecular flexibility index (Phi) is 4.00. The molecule has 0 fully saturated rings. The van der Waals surface area contributed by atoms with Gasteiger partial charge in [0, 0.05) is 20.1 Å². The Hall–Kier alpha value is -1.80. The number of nitrogens with two attached hydrogens (primary N) is 1. The molecule has 2 rings (SSSR count). The maximum Gasteiger partial charge on any atom is 0.248 e. The van der Waals surface area contributed by atoms with Gasteiger partial charge >= 0.3 is 0 Å². The van der Waals surface area contributed by atoms with E-state index in [1.165, 1.54) is 0 Å². The summed E-state index contributed by atoms with van der Waals surface area (Å²) < 4.78 is 11.9. The molecule has 98 valence electrons. The second kappa shape index (κ2) is 5.69. The van der Waals surface area contributed by atoms with Crippen molar-refractivity contribution in [2.45, 2.75) is 32.5 Å². The van der Waals surface area contributed by atoms with Gasteiger partial charge in [0.05, 0.1) is 18.0 Å². The normalized spacial score (nSPS) is 12.8. The van der Waals surface area contributed by atoms with Crippen LogP contribution in [-0.4, -0.2) is 38.3 Å². The van der Waals surface area contributed by atoms with Crippen LogP contribution < -0.4 is 5.73 Å². The predicted molar refractivity (Wildman–Crippen MR) is 61.5 cm³/mol. The summed E-state index contributed by atoms with van der Waals surface area (Å²) in [5, 5.41) is 11.7. The summed E-state index contributed by atoms with van der Waals surface area (Å²) in [6.07, 6.45) is 2.43. The number of rotatable bonds is 6. The van der Waals surface area contributed by atoms with Crippen LogP contribution in [0.5, 0.6) is 0 Å². The highest BCUT2D eigenvalue weighted by molar-refractivity contribution is 4.93. The van der Waals surface area contributed by atoms with Crippen molar-refractivity contribution < 1.29 is 9.26 Å². The average Bonchev–Trinajstić information content (AvgIpc) is 2.99. The standard InChI is InChI=1S/C10H16N6O2/c1-7(17-2)3-9-12-10(18-14-9)6-16-5-8(4-11)13-15-16/h5,7H,3-4,6,11H2,1-2H3. The van der Waals surface area contributed by atoms with E-state index in [-0.39, 0.29) is 6.10 Å². The summed E-state index contributed by atoms with van der Waals surface area (Å²) in [6, 6.07) is 0. The number of hydrogen-bond donors (Lipinski definition) is 1. The maximum atomic E-state index is 5.45. The Labute approximate surface area is 104 Å². The highest BCUT2D eigenvalue weighted by Crippen LogP contribution is 2.04. The molecule has 0 aliphatic heterocycles. The summed E-state index contributed by atoms with van der Waals surface area (Å²) in [7, 11) is 1.65. The van der Waals surface area contributed by atoms with Crippen molar-refractivity contribution in [3.8, 4) is 0 Å². The molecule has 0 aliphatic rings. The van der Waals surface area contributed by atoms with Crippen LogP contribution in [0.4, 0.5) is 0 Å². The quantitative estimate of drug-likeness (QED) is 0.755. The fraction of sp³-hybridized carbons (Fsp3) is 0.600. The average molecular weight is 252 g/mol. The van der Waals surface area contributed by atoms with E-state index in [9.17, 15) is 0 Å². The molecule has 2 heterocycles. The van der Waals surface area contributed by atoms with Crippen molar-refractivity contribution >= 4 is 0 Å². The number of ether oxygens (including phenoxy) is 1. The molecule has 8 heteroatoms. The van der Waals surface area contributed by atoms with E-state index in [0.29, 0.717) is 31.2 Å². The molecule has 0 saturated heterocycles. The molecule has 0 spiro atoms. The molecule has 0 saturated carbocycles. The minimum absolute atomic E-state index is 0.0608. The summed E-state index contributed by atoms with van der Waals surface area (Å²) in [5.41, 5.74) is 6.17. The second-order valence-corrected chi connectivity index (χ2v) is 3.97. The number of methoxy groups -OCH3 is 1. The van der Waals surface area contributed by atoms with Gasteiger partial charge in [-0.2, -0.15) is 4.98 Å². The lowest BCUT2D eigenvalue weighted by atomic mass is 10.3. The van der Waals surface area contributed by atoms with Gasteiger partial charge in [-0.1, -0.05) is 10.4 Å². The van der Waals surface area contributed by atoms with Gasteiger partial charge in [-0.3, -0.25) is 0 Å². The lowest BCUT2D eigenvalue weighted by molar-refractivity contribution is 0.116. The van der Waals surface area contributed by atoms with E-state index >= 15 is 0 Å². The Morgan fingerprint density at radius 2 is 2.39 bits per heavy atom. The van der Waals surface area contributed by atoms with Crippen molar-refractivity contribution in [3.05, 3.63) is 23.6 Å². The zero-order chi connectivity index (χ0) is 13.0. The Morgan fingerprint density at radius 3 is 3.06 bits per heavy atom. The van der Waals surface area contributed by atoms with Crippen molar-refractivity contribution in [3.63, 3.8) is 0 Å². The SMILES string of the molecule is COC(C)Cc1noc(Cn2cc(CN)nn2)n1. The third kappa shape index (κ3) is 3.11. The highest BCUT2D eigenvalue weighted by atomic mass is 16.5. The summed E-state index contributed by atoms with van der Waals surface area (Å²) in [4.78, 5) is 4.25. The third-order valence-corrected chi connectivity index (χ3v) is 2.48. The van der Waals surface area contributed by atoms with E-state index in [1.54, 1.807) is 18.0 Å². The Bertz CT molecular complexity index is 494. The molecule has 1 unspecified atom stereocenters. The fourth-order valence-corrected chi connectivity index (χ4v) is 1.43.